The van der Waals surface area contributed by atoms with Crippen molar-refractivity contribution >= 4 is 12.3 Å². The van der Waals surface area contributed by atoms with E-state index in [1.807, 2.05) is 12.1 Å². The molecule has 2 amide bonds. The molecule has 0 saturated heterocycles. The molecule has 0 unspecified atom stereocenters. The van der Waals surface area contributed by atoms with Gasteiger partial charge in [-0.2, -0.15) is 0 Å². The van der Waals surface area contributed by atoms with E-state index in [0.717, 1.165) is 44.2 Å². The predicted molar refractivity (Wildman–Crippen MR) is 79.2 cm³/mol. The van der Waals surface area contributed by atoms with E-state index in [9.17, 15) is 9.59 Å². The van der Waals surface area contributed by atoms with Gasteiger partial charge in [0.25, 0.3) is 5.91 Å². The molecule has 0 atom stereocenters. The average Bonchev–Trinajstić information content (AvgIpc) is 2.50. The minimum atomic E-state index is -0.0452. The summed E-state index contributed by atoms with van der Waals surface area (Å²) in [7, 11) is 0. The molecule has 4 N–H and O–H groups in total. The van der Waals surface area contributed by atoms with Crippen molar-refractivity contribution in [2.45, 2.75) is 32.2 Å². The number of nitrogens with two attached hydrogens (primary N) is 1. The molecular formula is C15H23N3O2. The van der Waals surface area contributed by atoms with Crippen molar-refractivity contribution in [2.75, 3.05) is 13.1 Å². The highest BCUT2D eigenvalue weighted by molar-refractivity contribution is 5.94. The number of carbonyl (C=O) groups excluding carboxylic acids is 2. The number of rotatable bonds is 10. The van der Waals surface area contributed by atoms with Crippen LogP contribution in [0, 0.1) is 0 Å². The Morgan fingerprint density at radius 1 is 1.05 bits per heavy atom. The summed E-state index contributed by atoms with van der Waals surface area (Å²) in [6, 6.07) is 7.33. The Labute approximate surface area is 119 Å². The summed E-state index contributed by atoms with van der Waals surface area (Å²) in [6.07, 6.45) is 4.76. The molecule has 5 heteroatoms. The van der Waals surface area contributed by atoms with Crippen LogP contribution in [-0.4, -0.2) is 25.4 Å². The van der Waals surface area contributed by atoms with Crippen LogP contribution < -0.4 is 16.4 Å². The van der Waals surface area contributed by atoms with E-state index in [1.54, 1.807) is 12.1 Å². The number of amides is 2. The molecule has 0 fully saturated rings. The molecule has 0 spiro atoms. The molecular weight excluding hydrogens is 254 g/mol. The molecule has 0 aliphatic heterocycles. The number of benzene rings is 1. The van der Waals surface area contributed by atoms with Crippen LogP contribution in [0.15, 0.2) is 24.3 Å². The second-order valence-electron chi connectivity index (χ2n) is 4.64. The highest BCUT2D eigenvalue weighted by atomic mass is 16.1. The molecule has 0 aliphatic carbocycles. The van der Waals surface area contributed by atoms with Crippen molar-refractivity contribution in [3.05, 3.63) is 35.4 Å². The molecule has 0 saturated carbocycles. The first-order valence-corrected chi connectivity index (χ1v) is 7.02. The quantitative estimate of drug-likeness (QED) is 0.443. The van der Waals surface area contributed by atoms with E-state index >= 15 is 0 Å². The van der Waals surface area contributed by atoms with Gasteiger partial charge in [0, 0.05) is 25.2 Å². The smallest absolute Gasteiger partial charge is 0.251 e. The van der Waals surface area contributed by atoms with E-state index in [4.69, 9.17) is 5.73 Å². The second kappa shape index (κ2) is 9.97. The fourth-order valence-electron chi connectivity index (χ4n) is 1.86. The normalized spacial score (nSPS) is 10.1. The molecule has 0 aromatic heterocycles. The lowest BCUT2D eigenvalue weighted by atomic mass is 10.1. The number of hydrogen-bond donors (Lipinski definition) is 3. The summed E-state index contributed by atoms with van der Waals surface area (Å²) in [5.41, 5.74) is 7.19. The monoisotopic (exact) mass is 277 g/mol. The van der Waals surface area contributed by atoms with Gasteiger partial charge in [-0.05, 0) is 30.5 Å². The molecule has 1 aromatic rings. The first kappa shape index (κ1) is 16.2. The van der Waals surface area contributed by atoms with Crippen molar-refractivity contribution in [1.82, 2.24) is 10.6 Å². The van der Waals surface area contributed by atoms with E-state index in [2.05, 4.69) is 10.6 Å². The van der Waals surface area contributed by atoms with Crippen LogP contribution >= 0.6 is 0 Å². The van der Waals surface area contributed by atoms with E-state index in [1.165, 1.54) is 0 Å². The molecule has 1 rings (SSSR count). The maximum atomic E-state index is 11.8. The van der Waals surface area contributed by atoms with Gasteiger partial charge in [0.05, 0.1) is 0 Å². The third-order valence-corrected chi connectivity index (χ3v) is 3.07. The Morgan fingerprint density at radius 2 is 1.70 bits per heavy atom. The summed E-state index contributed by atoms with van der Waals surface area (Å²) in [5, 5.41) is 5.53. The Balaban J connectivity index is 2.11. The zero-order valence-corrected chi connectivity index (χ0v) is 11.7. The summed E-state index contributed by atoms with van der Waals surface area (Å²) >= 11 is 0. The minimum Gasteiger partial charge on any atom is -0.359 e. The molecule has 0 bridgehead atoms. The highest BCUT2D eigenvalue weighted by Crippen LogP contribution is 2.04. The summed E-state index contributed by atoms with van der Waals surface area (Å²) in [6.45, 7) is 1.89. The first-order valence-electron chi connectivity index (χ1n) is 7.02. The van der Waals surface area contributed by atoms with Gasteiger partial charge in [0.1, 0.15) is 0 Å². The van der Waals surface area contributed by atoms with Gasteiger partial charge in [0.2, 0.25) is 6.41 Å². The Hall–Kier alpha value is -1.88. The minimum absolute atomic E-state index is 0.0452. The van der Waals surface area contributed by atoms with Crippen LogP contribution in [0.1, 0.15) is 41.6 Å². The Kier molecular flexibility index (Phi) is 8.07. The predicted octanol–water partition coefficient (Wildman–Crippen LogP) is 1.18. The standard InChI is InChI=1S/C15H23N3O2/c16-11-13-5-7-14(8-6-13)15(20)18-10-4-2-1-3-9-17-12-19/h5-8,12H,1-4,9-11,16H2,(H,17,19)(H,18,20). The molecule has 1 aromatic carbocycles. The molecule has 5 nitrogen and oxygen atoms in total. The van der Waals surface area contributed by atoms with Crippen molar-refractivity contribution in [1.29, 1.82) is 0 Å². The molecule has 20 heavy (non-hydrogen) atoms. The molecule has 0 aliphatic rings. The van der Waals surface area contributed by atoms with Gasteiger partial charge >= 0.3 is 0 Å². The number of nitrogens with one attached hydrogen (secondary N) is 2. The van der Waals surface area contributed by atoms with E-state index in [-0.39, 0.29) is 5.91 Å². The first-order chi connectivity index (χ1) is 9.77. The molecule has 0 heterocycles. The van der Waals surface area contributed by atoms with Gasteiger partial charge in [-0.1, -0.05) is 25.0 Å². The van der Waals surface area contributed by atoms with E-state index < -0.39 is 0 Å². The van der Waals surface area contributed by atoms with Crippen molar-refractivity contribution in [2.24, 2.45) is 5.73 Å². The van der Waals surface area contributed by atoms with Crippen molar-refractivity contribution in [3.8, 4) is 0 Å². The van der Waals surface area contributed by atoms with E-state index in [0.29, 0.717) is 18.7 Å². The van der Waals surface area contributed by atoms with Gasteiger partial charge in [-0.25, -0.2) is 0 Å². The van der Waals surface area contributed by atoms with Gasteiger partial charge < -0.3 is 16.4 Å². The summed E-state index contributed by atoms with van der Waals surface area (Å²) in [4.78, 5) is 21.9. The summed E-state index contributed by atoms with van der Waals surface area (Å²) in [5.74, 6) is -0.0452. The zero-order chi connectivity index (χ0) is 14.6. The lowest BCUT2D eigenvalue weighted by Crippen LogP contribution is -2.24. The van der Waals surface area contributed by atoms with Crippen LogP contribution in [0.5, 0.6) is 0 Å². The Morgan fingerprint density at radius 3 is 2.30 bits per heavy atom. The highest BCUT2D eigenvalue weighted by Gasteiger charge is 2.03. The lowest BCUT2D eigenvalue weighted by Gasteiger charge is -2.06. The Bertz CT molecular complexity index is 404. The largest absolute Gasteiger partial charge is 0.359 e. The summed E-state index contributed by atoms with van der Waals surface area (Å²) < 4.78 is 0. The maximum Gasteiger partial charge on any atom is 0.251 e. The fraction of sp³-hybridized carbons (Fsp3) is 0.467. The SMILES string of the molecule is NCc1ccc(C(=O)NCCCCCCNC=O)cc1. The third-order valence-electron chi connectivity index (χ3n) is 3.07. The molecule has 110 valence electrons. The topological polar surface area (TPSA) is 84.2 Å². The van der Waals surface area contributed by atoms with Crippen LogP contribution in [0.3, 0.4) is 0 Å². The second-order valence-corrected chi connectivity index (χ2v) is 4.64. The lowest BCUT2D eigenvalue weighted by molar-refractivity contribution is -0.109. The third kappa shape index (κ3) is 6.33. The maximum absolute atomic E-state index is 11.8. The van der Waals surface area contributed by atoms with Gasteiger partial charge in [-0.3, -0.25) is 9.59 Å². The number of carbonyl (C=O) groups is 2. The number of hydrogen-bond acceptors (Lipinski definition) is 3. The van der Waals surface area contributed by atoms with Crippen LogP contribution in [-0.2, 0) is 11.3 Å². The number of unbranched alkanes of at least 4 members (excludes halogenated alkanes) is 3. The van der Waals surface area contributed by atoms with Gasteiger partial charge in [-0.15, -0.1) is 0 Å². The molecule has 0 radical (unpaired) electrons. The van der Waals surface area contributed by atoms with Crippen LogP contribution in [0.4, 0.5) is 0 Å². The van der Waals surface area contributed by atoms with Crippen molar-refractivity contribution < 1.29 is 9.59 Å². The van der Waals surface area contributed by atoms with Crippen LogP contribution in [0.25, 0.3) is 0 Å². The van der Waals surface area contributed by atoms with Crippen LogP contribution in [0.2, 0.25) is 0 Å². The fourth-order valence-corrected chi connectivity index (χ4v) is 1.86. The zero-order valence-electron chi connectivity index (χ0n) is 11.7. The van der Waals surface area contributed by atoms with Gasteiger partial charge in [0.15, 0.2) is 0 Å². The van der Waals surface area contributed by atoms with Crippen molar-refractivity contribution in [3.63, 3.8) is 0 Å². The average molecular weight is 277 g/mol.